The molecule has 2 aromatic heterocycles. The summed E-state index contributed by atoms with van der Waals surface area (Å²) in [5.74, 6) is 0.504. The van der Waals surface area contributed by atoms with E-state index >= 15 is 0 Å². The molecule has 0 spiro atoms. The van der Waals surface area contributed by atoms with Crippen LogP contribution in [-0.4, -0.2) is 31.0 Å². The maximum Gasteiger partial charge on any atom is 0.230 e. The number of thioether (sulfide) groups is 1. The topological polar surface area (TPSA) is 64.7 Å². The molecule has 4 aromatic rings. The molecule has 0 atom stereocenters. The normalized spacial score (nSPS) is 11.2. The highest BCUT2D eigenvalue weighted by Gasteiger charge is 2.14. The van der Waals surface area contributed by atoms with E-state index < -0.39 is 0 Å². The maximum atomic E-state index is 13.2. The number of aromatic nitrogens is 4. The Balaban J connectivity index is 1.41. The molecule has 0 fully saturated rings. The van der Waals surface area contributed by atoms with Gasteiger partial charge in [-0.05, 0) is 55.6 Å². The van der Waals surface area contributed by atoms with Gasteiger partial charge in [-0.1, -0.05) is 30.0 Å². The van der Waals surface area contributed by atoms with E-state index in [2.05, 4.69) is 45.2 Å². The second-order valence-corrected chi connectivity index (χ2v) is 7.79. The second kappa shape index (κ2) is 8.71. The average Bonchev–Trinajstić information content (AvgIpc) is 3.31. The van der Waals surface area contributed by atoms with E-state index in [1.54, 1.807) is 12.1 Å². The Bertz CT molecular complexity index is 1180. The third kappa shape index (κ3) is 4.09. The van der Waals surface area contributed by atoms with Crippen molar-refractivity contribution in [3.05, 3.63) is 71.9 Å². The fraction of sp³-hybridized carbons (Fsp3) is 0.227. The molecule has 1 N–H and O–H groups in total. The molecule has 0 aliphatic rings. The second-order valence-electron chi connectivity index (χ2n) is 6.85. The van der Waals surface area contributed by atoms with Crippen LogP contribution in [0, 0.1) is 12.7 Å². The number of fused-ring (bicyclic) bond motifs is 1. The van der Waals surface area contributed by atoms with Gasteiger partial charge in [0.05, 0.1) is 12.3 Å². The molecule has 0 aliphatic heterocycles. The van der Waals surface area contributed by atoms with Gasteiger partial charge >= 0.3 is 0 Å². The van der Waals surface area contributed by atoms with Crippen molar-refractivity contribution in [1.29, 1.82) is 0 Å². The zero-order valence-corrected chi connectivity index (χ0v) is 17.6. The molecule has 6 nitrogen and oxygen atoms in total. The molecule has 30 heavy (non-hydrogen) atoms. The number of carbonyl (C=O) groups excluding carboxylic acids is 1. The number of aryl methyl sites for hydroxylation is 2. The minimum absolute atomic E-state index is 0.0841. The van der Waals surface area contributed by atoms with Gasteiger partial charge < -0.3 is 9.88 Å². The number of rotatable bonds is 7. The highest BCUT2D eigenvalue weighted by Crippen LogP contribution is 2.22. The summed E-state index contributed by atoms with van der Waals surface area (Å²) >= 11 is 1.30. The lowest BCUT2D eigenvalue weighted by Crippen LogP contribution is -2.26. The highest BCUT2D eigenvalue weighted by atomic mass is 32.2. The lowest BCUT2D eigenvalue weighted by molar-refractivity contribution is -0.118. The average molecular weight is 424 g/mol. The van der Waals surface area contributed by atoms with Gasteiger partial charge in [0, 0.05) is 23.4 Å². The first-order chi connectivity index (χ1) is 14.6. The number of halogens is 1. The van der Waals surface area contributed by atoms with E-state index in [0.29, 0.717) is 17.5 Å². The van der Waals surface area contributed by atoms with Crippen LogP contribution in [-0.2, 0) is 17.9 Å². The summed E-state index contributed by atoms with van der Waals surface area (Å²) < 4.78 is 17.2. The summed E-state index contributed by atoms with van der Waals surface area (Å²) in [4.78, 5) is 12.5. The molecule has 0 radical (unpaired) electrons. The standard InChI is InChI=1S/C22H22FN5OS/c1-3-27-19(12-16-6-4-5-7-20(16)27)13-24-21(29)14-30-22-26-25-15(2)28(22)18-10-8-17(23)9-11-18/h4-12H,3,13-14H2,1-2H3,(H,24,29). The number of benzene rings is 2. The Morgan fingerprint density at radius 1 is 1.13 bits per heavy atom. The summed E-state index contributed by atoms with van der Waals surface area (Å²) in [7, 11) is 0. The van der Waals surface area contributed by atoms with Crippen LogP contribution in [0.1, 0.15) is 18.4 Å². The smallest absolute Gasteiger partial charge is 0.230 e. The van der Waals surface area contributed by atoms with Gasteiger partial charge in [0.1, 0.15) is 11.6 Å². The van der Waals surface area contributed by atoms with Gasteiger partial charge in [0.15, 0.2) is 5.16 Å². The SMILES string of the molecule is CCn1c(CNC(=O)CSc2nnc(C)n2-c2ccc(F)cc2)cc2ccccc21. The van der Waals surface area contributed by atoms with Gasteiger partial charge in [-0.25, -0.2) is 4.39 Å². The molecule has 0 saturated heterocycles. The van der Waals surface area contributed by atoms with Crippen molar-refractivity contribution < 1.29 is 9.18 Å². The van der Waals surface area contributed by atoms with Crippen LogP contribution >= 0.6 is 11.8 Å². The van der Waals surface area contributed by atoms with Crippen LogP contribution in [0.4, 0.5) is 4.39 Å². The number of hydrogen-bond donors (Lipinski definition) is 1. The van der Waals surface area contributed by atoms with Gasteiger partial charge in [-0.2, -0.15) is 0 Å². The molecule has 2 heterocycles. The monoisotopic (exact) mass is 423 g/mol. The summed E-state index contributed by atoms with van der Waals surface area (Å²) in [5, 5.41) is 13.0. The van der Waals surface area contributed by atoms with Crippen LogP contribution in [0.2, 0.25) is 0 Å². The van der Waals surface area contributed by atoms with Crippen molar-refractivity contribution in [2.45, 2.75) is 32.1 Å². The van der Waals surface area contributed by atoms with Gasteiger partial charge in [0.2, 0.25) is 5.91 Å². The largest absolute Gasteiger partial charge is 0.350 e. The number of hydrogen-bond acceptors (Lipinski definition) is 4. The number of nitrogens with zero attached hydrogens (tertiary/aromatic N) is 4. The fourth-order valence-electron chi connectivity index (χ4n) is 3.48. The van der Waals surface area contributed by atoms with Crippen LogP contribution in [0.15, 0.2) is 59.8 Å². The van der Waals surface area contributed by atoms with E-state index in [9.17, 15) is 9.18 Å². The first-order valence-corrected chi connectivity index (χ1v) is 10.7. The molecule has 154 valence electrons. The Morgan fingerprint density at radius 2 is 1.90 bits per heavy atom. The quantitative estimate of drug-likeness (QED) is 0.455. The van der Waals surface area contributed by atoms with E-state index in [-0.39, 0.29) is 17.5 Å². The summed E-state index contributed by atoms with van der Waals surface area (Å²) in [6.07, 6.45) is 0. The molecular weight excluding hydrogens is 401 g/mol. The van der Waals surface area contributed by atoms with Crippen molar-refractivity contribution in [2.24, 2.45) is 0 Å². The molecule has 2 aromatic carbocycles. The zero-order valence-electron chi connectivity index (χ0n) is 16.8. The minimum Gasteiger partial charge on any atom is -0.350 e. The van der Waals surface area contributed by atoms with Crippen LogP contribution in [0.3, 0.4) is 0 Å². The zero-order chi connectivity index (χ0) is 21.1. The van der Waals surface area contributed by atoms with Gasteiger partial charge in [-0.15, -0.1) is 10.2 Å². The number of carbonyl (C=O) groups is 1. The molecule has 8 heteroatoms. The molecular formula is C22H22FN5OS. The molecule has 0 bridgehead atoms. The van der Waals surface area contributed by atoms with E-state index in [1.165, 1.54) is 34.8 Å². The molecule has 4 rings (SSSR count). The first kappa shape index (κ1) is 20.2. The Kier molecular flexibility index (Phi) is 5.85. The summed E-state index contributed by atoms with van der Waals surface area (Å²) in [6.45, 7) is 5.22. The van der Waals surface area contributed by atoms with Crippen molar-refractivity contribution in [1.82, 2.24) is 24.6 Å². The number of nitrogens with one attached hydrogen (secondary N) is 1. The van der Waals surface area contributed by atoms with E-state index in [1.807, 2.05) is 23.6 Å². The molecule has 1 amide bonds. The predicted molar refractivity (Wildman–Crippen MR) is 116 cm³/mol. The highest BCUT2D eigenvalue weighted by molar-refractivity contribution is 7.99. The van der Waals surface area contributed by atoms with Gasteiger partial charge in [0.25, 0.3) is 0 Å². The first-order valence-electron chi connectivity index (χ1n) is 9.71. The third-order valence-corrected chi connectivity index (χ3v) is 5.82. The van der Waals surface area contributed by atoms with Gasteiger partial charge in [-0.3, -0.25) is 9.36 Å². The van der Waals surface area contributed by atoms with Crippen molar-refractivity contribution in [2.75, 3.05) is 5.75 Å². The van der Waals surface area contributed by atoms with Crippen molar-refractivity contribution >= 4 is 28.6 Å². The Labute approximate surface area is 178 Å². The van der Waals surface area contributed by atoms with Crippen molar-refractivity contribution in [3.63, 3.8) is 0 Å². The minimum atomic E-state index is -0.303. The summed E-state index contributed by atoms with van der Waals surface area (Å²) in [6, 6.07) is 16.4. The number of para-hydroxylation sites is 1. The predicted octanol–water partition coefficient (Wildman–Crippen LogP) is 4.10. The maximum absolute atomic E-state index is 13.2. The van der Waals surface area contributed by atoms with Crippen LogP contribution in [0.25, 0.3) is 16.6 Å². The summed E-state index contributed by atoms with van der Waals surface area (Å²) in [5.41, 5.74) is 3.00. The van der Waals surface area contributed by atoms with Crippen LogP contribution in [0.5, 0.6) is 0 Å². The Morgan fingerprint density at radius 3 is 2.67 bits per heavy atom. The van der Waals surface area contributed by atoms with E-state index in [4.69, 9.17) is 0 Å². The van der Waals surface area contributed by atoms with E-state index in [0.717, 1.165) is 17.9 Å². The van der Waals surface area contributed by atoms with Crippen molar-refractivity contribution in [3.8, 4) is 5.69 Å². The molecule has 0 unspecified atom stereocenters. The Hall–Kier alpha value is -3.13. The fourth-order valence-corrected chi connectivity index (χ4v) is 4.31. The lowest BCUT2D eigenvalue weighted by Gasteiger charge is -2.10. The van der Waals surface area contributed by atoms with Crippen LogP contribution < -0.4 is 5.32 Å². The lowest BCUT2D eigenvalue weighted by atomic mass is 10.2. The molecule has 0 saturated carbocycles. The number of amides is 1. The molecule has 0 aliphatic carbocycles. The third-order valence-electron chi connectivity index (χ3n) is 4.89.